The number of ether oxygens (including phenoxy) is 1. The molecule has 0 aliphatic rings. The number of rotatable bonds is 6. The lowest BCUT2D eigenvalue weighted by molar-refractivity contribution is -0.173. The summed E-state index contributed by atoms with van der Waals surface area (Å²) in [6, 6.07) is 6.14. The first-order valence-electron chi connectivity index (χ1n) is 6.80. The average molecular weight is 309 g/mol. The van der Waals surface area contributed by atoms with Crippen molar-refractivity contribution in [2.24, 2.45) is 5.41 Å². The molecule has 1 aromatic rings. The molecule has 1 rings (SSSR count). The summed E-state index contributed by atoms with van der Waals surface area (Å²) < 4.78 is 4.96. The lowest BCUT2D eigenvalue weighted by atomic mass is 9.83. The van der Waals surface area contributed by atoms with Gasteiger partial charge in [0.05, 0.1) is 7.11 Å². The van der Waals surface area contributed by atoms with Gasteiger partial charge in [-0.3, -0.25) is 9.59 Å². The Hall–Kier alpha value is -2.57. The Kier molecular flexibility index (Phi) is 5.91. The molecule has 0 fully saturated rings. The fraction of sp³-hybridized carbons (Fsp3) is 0.400. The molecular formula is C15H19NO6. The van der Waals surface area contributed by atoms with Crippen molar-refractivity contribution in [2.75, 3.05) is 7.11 Å². The number of carbonyl (C=O) groups is 3. The van der Waals surface area contributed by atoms with E-state index >= 15 is 0 Å². The summed E-state index contributed by atoms with van der Waals surface area (Å²) >= 11 is 0. The molecule has 7 nitrogen and oxygen atoms in total. The molecule has 0 aromatic heterocycles. The monoisotopic (exact) mass is 309 g/mol. The molecule has 0 aliphatic heterocycles. The lowest BCUT2D eigenvalue weighted by Crippen LogP contribution is -2.43. The van der Waals surface area contributed by atoms with Gasteiger partial charge in [-0.15, -0.1) is 0 Å². The van der Waals surface area contributed by atoms with Crippen molar-refractivity contribution in [3.8, 4) is 5.75 Å². The van der Waals surface area contributed by atoms with Gasteiger partial charge in [0, 0.05) is 5.56 Å². The van der Waals surface area contributed by atoms with E-state index in [9.17, 15) is 19.5 Å². The summed E-state index contributed by atoms with van der Waals surface area (Å²) in [7, 11) is 1.50. The Bertz CT molecular complexity index is 548. The van der Waals surface area contributed by atoms with Crippen LogP contribution in [0.3, 0.4) is 0 Å². The van der Waals surface area contributed by atoms with E-state index in [1.165, 1.54) is 19.2 Å². The van der Waals surface area contributed by atoms with Crippen LogP contribution < -0.4 is 10.2 Å². The summed E-state index contributed by atoms with van der Waals surface area (Å²) in [5, 5.41) is 9.21. The van der Waals surface area contributed by atoms with Crippen molar-refractivity contribution in [2.45, 2.75) is 26.7 Å². The molecule has 22 heavy (non-hydrogen) atoms. The van der Waals surface area contributed by atoms with Crippen LogP contribution in [0.5, 0.6) is 5.75 Å². The van der Waals surface area contributed by atoms with Crippen LogP contribution >= 0.6 is 0 Å². The van der Waals surface area contributed by atoms with E-state index in [-0.39, 0.29) is 18.4 Å². The molecule has 0 radical (unpaired) electrons. The second-order valence-corrected chi connectivity index (χ2v) is 4.64. The van der Waals surface area contributed by atoms with Crippen molar-refractivity contribution < 1.29 is 29.1 Å². The van der Waals surface area contributed by atoms with E-state index in [0.717, 1.165) is 0 Å². The fourth-order valence-corrected chi connectivity index (χ4v) is 1.92. The first kappa shape index (κ1) is 17.5. The normalized spacial score (nSPS) is 10.7. The van der Waals surface area contributed by atoms with Gasteiger partial charge in [0.25, 0.3) is 5.91 Å². The molecule has 0 aliphatic carbocycles. The third-order valence-electron chi connectivity index (χ3n) is 3.60. The molecular weight excluding hydrogens is 290 g/mol. The molecule has 0 saturated carbocycles. The number of hydrogen-bond acceptors (Lipinski definition) is 5. The van der Waals surface area contributed by atoms with Crippen LogP contribution in [-0.2, 0) is 14.4 Å². The smallest absolute Gasteiger partial charge is 0.349 e. The number of benzene rings is 1. The highest BCUT2D eigenvalue weighted by Crippen LogP contribution is 2.28. The molecule has 0 spiro atoms. The highest BCUT2D eigenvalue weighted by molar-refractivity contribution is 6.00. The summed E-state index contributed by atoms with van der Waals surface area (Å²) in [6.45, 7) is 3.15. The molecule has 1 amide bonds. The van der Waals surface area contributed by atoms with Crippen LogP contribution in [0.2, 0.25) is 0 Å². The molecule has 0 saturated heterocycles. The predicted molar refractivity (Wildman–Crippen MR) is 77.2 cm³/mol. The number of amides is 1. The zero-order chi connectivity index (χ0) is 16.8. The molecule has 0 atom stereocenters. The topological polar surface area (TPSA) is 102 Å². The molecule has 120 valence electrons. The highest BCUT2D eigenvalue weighted by atomic mass is 16.7. The van der Waals surface area contributed by atoms with Crippen molar-refractivity contribution in [1.82, 2.24) is 5.48 Å². The van der Waals surface area contributed by atoms with Gasteiger partial charge in [0.15, 0.2) is 5.41 Å². The molecule has 7 heteroatoms. The number of aliphatic carboxylic acids is 1. The SMILES string of the molecule is CCC(CC)(C(=O)O)C(=O)ONC(=O)c1ccc(OC)cc1. The van der Waals surface area contributed by atoms with Crippen molar-refractivity contribution >= 4 is 17.8 Å². The minimum Gasteiger partial charge on any atom is -0.497 e. The number of nitrogens with one attached hydrogen (secondary N) is 1. The maximum absolute atomic E-state index is 12.0. The van der Waals surface area contributed by atoms with E-state index < -0.39 is 23.3 Å². The van der Waals surface area contributed by atoms with E-state index in [2.05, 4.69) is 4.84 Å². The summed E-state index contributed by atoms with van der Waals surface area (Å²) in [6.07, 6.45) is 0.131. The average Bonchev–Trinajstić information content (AvgIpc) is 2.54. The van der Waals surface area contributed by atoms with Gasteiger partial charge >= 0.3 is 11.9 Å². The Morgan fingerprint density at radius 1 is 1.14 bits per heavy atom. The van der Waals surface area contributed by atoms with Crippen molar-refractivity contribution in [3.63, 3.8) is 0 Å². The van der Waals surface area contributed by atoms with Crippen LogP contribution in [0.4, 0.5) is 0 Å². The van der Waals surface area contributed by atoms with Crippen LogP contribution in [0.25, 0.3) is 0 Å². The third kappa shape index (κ3) is 3.55. The maximum atomic E-state index is 12.0. The number of methoxy groups -OCH3 is 1. The van der Waals surface area contributed by atoms with E-state index in [1.54, 1.807) is 26.0 Å². The number of carbonyl (C=O) groups excluding carboxylic acids is 2. The van der Waals surface area contributed by atoms with Gasteiger partial charge in [-0.05, 0) is 37.1 Å². The van der Waals surface area contributed by atoms with Gasteiger partial charge in [0.2, 0.25) is 0 Å². The van der Waals surface area contributed by atoms with Crippen LogP contribution in [0.15, 0.2) is 24.3 Å². The quantitative estimate of drug-likeness (QED) is 0.613. The minimum absolute atomic E-state index is 0.0655. The molecule has 1 aromatic carbocycles. The number of hydroxylamine groups is 1. The largest absolute Gasteiger partial charge is 0.497 e. The van der Waals surface area contributed by atoms with Crippen molar-refractivity contribution in [1.29, 1.82) is 0 Å². The number of carboxylic acid groups (broad SMARTS) is 1. The fourth-order valence-electron chi connectivity index (χ4n) is 1.92. The first-order valence-corrected chi connectivity index (χ1v) is 6.80. The summed E-state index contributed by atoms with van der Waals surface area (Å²) in [5.41, 5.74) is 0.565. The van der Waals surface area contributed by atoms with Crippen molar-refractivity contribution in [3.05, 3.63) is 29.8 Å². The lowest BCUT2D eigenvalue weighted by Gasteiger charge is -2.23. The molecule has 0 bridgehead atoms. The Morgan fingerprint density at radius 3 is 2.09 bits per heavy atom. The van der Waals surface area contributed by atoms with E-state index in [0.29, 0.717) is 5.75 Å². The molecule has 2 N–H and O–H groups in total. The van der Waals surface area contributed by atoms with Crippen LogP contribution in [-0.4, -0.2) is 30.1 Å². The number of carboxylic acids is 1. The summed E-state index contributed by atoms with van der Waals surface area (Å²) in [4.78, 5) is 39.8. The maximum Gasteiger partial charge on any atom is 0.349 e. The first-order chi connectivity index (χ1) is 10.4. The summed E-state index contributed by atoms with van der Waals surface area (Å²) in [5.74, 6) is -2.34. The standard InChI is InChI=1S/C15H19NO6/c1-4-15(5-2,13(18)19)14(20)22-16-12(17)10-6-8-11(21-3)9-7-10/h6-9H,4-5H2,1-3H3,(H,16,17)(H,18,19). The van der Waals surface area contributed by atoms with Gasteiger partial charge in [-0.1, -0.05) is 13.8 Å². The van der Waals surface area contributed by atoms with E-state index in [1.807, 2.05) is 5.48 Å². The molecule has 0 heterocycles. The molecule has 0 unspecified atom stereocenters. The van der Waals surface area contributed by atoms with Gasteiger partial charge < -0.3 is 14.7 Å². The predicted octanol–water partition coefficient (Wildman–Crippen LogP) is 1.77. The Morgan fingerprint density at radius 2 is 1.68 bits per heavy atom. The van der Waals surface area contributed by atoms with Gasteiger partial charge in [-0.25, -0.2) is 4.79 Å². The Labute approximate surface area is 128 Å². The minimum atomic E-state index is -1.66. The van der Waals surface area contributed by atoms with Crippen LogP contribution in [0.1, 0.15) is 37.0 Å². The Balaban J connectivity index is 2.73. The van der Waals surface area contributed by atoms with E-state index in [4.69, 9.17) is 4.74 Å². The second-order valence-electron chi connectivity index (χ2n) is 4.64. The zero-order valence-corrected chi connectivity index (χ0v) is 12.7. The van der Waals surface area contributed by atoms with Crippen LogP contribution in [0, 0.1) is 5.41 Å². The zero-order valence-electron chi connectivity index (χ0n) is 12.7. The highest BCUT2D eigenvalue weighted by Gasteiger charge is 2.45. The number of hydrogen-bond donors (Lipinski definition) is 2. The third-order valence-corrected chi connectivity index (χ3v) is 3.60. The van der Waals surface area contributed by atoms with Gasteiger partial charge in [0.1, 0.15) is 5.75 Å². The van der Waals surface area contributed by atoms with Gasteiger partial charge in [-0.2, -0.15) is 5.48 Å². The second kappa shape index (κ2) is 7.44.